The number of pyridine rings is 1. The van der Waals surface area contributed by atoms with Crippen LogP contribution in [0, 0.1) is 0 Å². The van der Waals surface area contributed by atoms with Crippen molar-refractivity contribution in [1.82, 2.24) is 9.88 Å². The number of nitrogens with zero attached hydrogens (tertiary/aromatic N) is 2. The number of esters is 1. The van der Waals surface area contributed by atoms with Crippen LogP contribution in [0.2, 0.25) is 0 Å². The van der Waals surface area contributed by atoms with E-state index in [1.165, 1.54) is 0 Å². The molecule has 0 atom stereocenters. The number of hydrogen-bond acceptors (Lipinski definition) is 5. The summed E-state index contributed by atoms with van der Waals surface area (Å²) in [7, 11) is 1.58. The standard InChI is InChI=1S/C15H20N2O3/c1-10(2)17-8-6-15(7-9-17)13-11(14(18)20-15)4-5-12(16-13)19-3/h4-5,10H,6-9H2,1-3H3. The van der Waals surface area contributed by atoms with Gasteiger partial charge >= 0.3 is 5.97 Å². The Kier molecular flexibility index (Phi) is 3.17. The lowest BCUT2D eigenvalue weighted by Crippen LogP contribution is -2.45. The van der Waals surface area contributed by atoms with Gasteiger partial charge in [-0.2, -0.15) is 0 Å². The summed E-state index contributed by atoms with van der Waals surface area (Å²) in [4.78, 5) is 18.9. The van der Waals surface area contributed by atoms with Gasteiger partial charge in [0.1, 0.15) is 5.69 Å². The van der Waals surface area contributed by atoms with E-state index >= 15 is 0 Å². The Labute approximate surface area is 118 Å². The van der Waals surface area contributed by atoms with Crippen LogP contribution in [0.25, 0.3) is 0 Å². The molecule has 5 heteroatoms. The highest BCUT2D eigenvalue weighted by Crippen LogP contribution is 2.43. The molecule has 0 unspecified atom stereocenters. The molecule has 1 spiro atoms. The highest BCUT2D eigenvalue weighted by molar-refractivity contribution is 5.94. The van der Waals surface area contributed by atoms with Crippen LogP contribution in [0.3, 0.4) is 0 Å². The highest BCUT2D eigenvalue weighted by atomic mass is 16.6. The number of carbonyl (C=O) groups is 1. The maximum Gasteiger partial charge on any atom is 0.341 e. The van der Waals surface area contributed by atoms with Crippen LogP contribution in [-0.4, -0.2) is 42.1 Å². The van der Waals surface area contributed by atoms with Gasteiger partial charge in [0.2, 0.25) is 5.88 Å². The SMILES string of the molecule is COc1ccc2c(n1)C1(CCN(C(C)C)CC1)OC2=O. The van der Waals surface area contributed by atoms with Crippen molar-refractivity contribution < 1.29 is 14.3 Å². The Balaban J connectivity index is 1.92. The average molecular weight is 276 g/mol. The fourth-order valence-corrected chi connectivity index (χ4v) is 3.09. The zero-order valence-corrected chi connectivity index (χ0v) is 12.2. The zero-order chi connectivity index (χ0) is 14.3. The molecule has 0 bridgehead atoms. The molecule has 1 aromatic rings. The fraction of sp³-hybridized carbons (Fsp3) is 0.600. The summed E-state index contributed by atoms with van der Waals surface area (Å²) >= 11 is 0. The summed E-state index contributed by atoms with van der Waals surface area (Å²) in [5, 5.41) is 0. The van der Waals surface area contributed by atoms with E-state index in [0.717, 1.165) is 31.6 Å². The summed E-state index contributed by atoms with van der Waals surface area (Å²) in [6, 6.07) is 3.98. The number of carbonyl (C=O) groups excluding carboxylic acids is 1. The number of methoxy groups -OCH3 is 1. The van der Waals surface area contributed by atoms with Gasteiger partial charge in [0.25, 0.3) is 0 Å². The van der Waals surface area contributed by atoms with Crippen molar-refractivity contribution in [1.29, 1.82) is 0 Å². The van der Waals surface area contributed by atoms with Crippen LogP contribution in [0.5, 0.6) is 5.88 Å². The van der Waals surface area contributed by atoms with Gasteiger partial charge in [0.05, 0.1) is 12.7 Å². The zero-order valence-electron chi connectivity index (χ0n) is 12.2. The molecule has 3 heterocycles. The van der Waals surface area contributed by atoms with E-state index in [1.54, 1.807) is 19.2 Å². The van der Waals surface area contributed by atoms with Gasteiger partial charge in [-0.3, -0.25) is 0 Å². The lowest BCUT2D eigenvalue weighted by Gasteiger charge is -2.39. The summed E-state index contributed by atoms with van der Waals surface area (Å²) in [5.41, 5.74) is 0.792. The van der Waals surface area contributed by atoms with Crippen LogP contribution in [0.1, 0.15) is 42.7 Å². The number of ether oxygens (including phenoxy) is 2. The third-order valence-electron chi connectivity index (χ3n) is 4.35. The van der Waals surface area contributed by atoms with Gasteiger partial charge in [0, 0.05) is 38.0 Å². The first-order valence-corrected chi connectivity index (χ1v) is 7.09. The van der Waals surface area contributed by atoms with E-state index in [2.05, 4.69) is 23.7 Å². The first-order valence-electron chi connectivity index (χ1n) is 7.09. The molecule has 0 aliphatic carbocycles. The second kappa shape index (κ2) is 4.74. The van der Waals surface area contributed by atoms with Crippen LogP contribution in [-0.2, 0) is 10.3 Å². The fourth-order valence-electron chi connectivity index (χ4n) is 3.09. The van der Waals surface area contributed by atoms with Crippen molar-refractivity contribution in [3.05, 3.63) is 23.4 Å². The van der Waals surface area contributed by atoms with E-state index in [1.807, 2.05) is 0 Å². The van der Waals surface area contributed by atoms with E-state index < -0.39 is 5.60 Å². The molecule has 1 aromatic heterocycles. The molecule has 0 aromatic carbocycles. The minimum Gasteiger partial charge on any atom is -0.481 e. The molecule has 1 fully saturated rings. The molecule has 20 heavy (non-hydrogen) atoms. The minimum atomic E-state index is -0.549. The second-order valence-corrected chi connectivity index (χ2v) is 5.76. The Morgan fingerprint density at radius 2 is 2.05 bits per heavy atom. The summed E-state index contributed by atoms with van der Waals surface area (Å²) in [5.74, 6) is 0.279. The molecule has 0 saturated carbocycles. The van der Waals surface area contributed by atoms with Crippen molar-refractivity contribution in [2.45, 2.75) is 38.3 Å². The molecular weight excluding hydrogens is 256 g/mol. The molecule has 1 saturated heterocycles. The van der Waals surface area contributed by atoms with E-state index in [4.69, 9.17) is 9.47 Å². The molecule has 2 aliphatic heterocycles. The van der Waals surface area contributed by atoms with Crippen molar-refractivity contribution in [2.24, 2.45) is 0 Å². The quantitative estimate of drug-likeness (QED) is 0.773. The Hall–Kier alpha value is -1.62. The van der Waals surface area contributed by atoms with Gasteiger partial charge in [-0.15, -0.1) is 0 Å². The largest absolute Gasteiger partial charge is 0.481 e. The number of aromatic nitrogens is 1. The van der Waals surface area contributed by atoms with Gasteiger partial charge in [-0.05, 0) is 19.9 Å². The Morgan fingerprint density at radius 3 is 2.65 bits per heavy atom. The first kappa shape index (κ1) is 13.4. The Morgan fingerprint density at radius 1 is 1.35 bits per heavy atom. The lowest BCUT2D eigenvalue weighted by atomic mass is 9.87. The maximum absolute atomic E-state index is 12.0. The minimum absolute atomic E-state index is 0.256. The number of likely N-dealkylation sites (tertiary alicyclic amines) is 1. The van der Waals surface area contributed by atoms with E-state index in [9.17, 15) is 4.79 Å². The van der Waals surface area contributed by atoms with Gasteiger partial charge in [-0.1, -0.05) is 0 Å². The summed E-state index contributed by atoms with van der Waals surface area (Å²) < 4.78 is 10.9. The van der Waals surface area contributed by atoms with Crippen LogP contribution >= 0.6 is 0 Å². The van der Waals surface area contributed by atoms with Crippen molar-refractivity contribution >= 4 is 5.97 Å². The molecule has 0 amide bonds. The average Bonchev–Trinajstić information content (AvgIpc) is 2.72. The third-order valence-corrected chi connectivity index (χ3v) is 4.35. The third kappa shape index (κ3) is 1.97. The summed E-state index contributed by atoms with van der Waals surface area (Å²) in [6.07, 6.45) is 1.59. The van der Waals surface area contributed by atoms with Crippen molar-refractivity contribution in [3.63, 3.8) is 0 Å². The maximum atomic E-state index is 12.0. The van der Waals surface area contributed by atoms with Crippen LogP contribution < -0.4 is 4.74 Å². The van der Waals surface area contributed by atoms with E-state index in [-0.39, 0.29) is 5.97 Å². The lowest BCUT2D eigenvalue weighted by molar-refractivity contribution is -0.0490. The number of rotatable bonds is 2. The normalized spacial score (nSPS) is 21.1. The molecular formula is C15H20N2O3. The smallest absolute Gasteiger partial charge is 0.341 e. The van der Waals surface area contributed by atoms with Crippen LogP contribution in [0.4, 0.5) is 0 Å². The molecule has 2 aliphatic rings. The van der Waals surface area contributed by atoms with Gasteiger partial charge in [-0.25, -0.2) is 9.78 Å². The first-order chi connectivity index (χ1) is 9.55. The Bertz CT molecular complexity index is 534. The molecule has 5 nitrogen and oxygen atoms in total. The second-order valence-electron chi connectivity index (χ2n) is 5.76. The van der Waals surface area contributed by atoms with Crippen LogP contribution in [0.15, 0.2) is 12.1 Å². The predicted molar refractivity (Wildman–Crippen MR) is 73.8 cm³/mol. The van der Waals surface area contributed by atoms with Gasteiger partial charge < -0.3 is 14.4 Å². The summed E-state index contributed by atoms with van der Waals surface area (Å²) in [6.45, 7) is 6.22. The number of hydrogen-bond donors (Lipinski definition) is 0. The molecule has 3 rings (SSSR count). The van der Waals surface area contributed by atoms with E-state index in [0.29, 0.717) is 17.5 Å². The van der Waals surface area contributed by atoms with Crippen molar-refractivity contribution in [3.8, 4) is 5.88 Å². The topological polar surface area (TPSA) is 51.7 Å². The predicted octanol–water partition coefficient (Wildman–Crippen LogP) is 1.96. The van der Waals surface area contributed by atoms with Gasteiger partial charge in [0.15, 0.2) is 5.60 Å². The number of piperidine rings is 1. The molecule has 0 radical (unpaired) electrons. The number of fused-ring (bicyclic) bond motifs is 2. The monoisotopic (exact) mass is 276 g/mol. The molecule has 108 valence electrons. The molecule has 0 N–H and O–H groups in total. The van der Waals surface area contributed by atoms with Crippen molar-refractivity contribution in [2.75, 3.05) is 20.2 Å². The highest BCUT2D eigenvalue weighted by Gasteiger charge is 2.49.